The van der Waals surface area contributed by atoms with Gasteiger partial charge in [-0.05, 0) is 26.0 Å². The molecule has 0 spiro atoms. The molecule has 1 amide bonds. The van der Waals surface area contributed by atoms with E-state index in [9.17, 15) is 4.79 Å². The van der Waals surface area contributed by atoms with E-state index in [-0.39, 0.29) is 5.91 Å². The van der Waals surface area contributed by atoms with Crippen LogP contribution in [0.4, 0.5) is 0 Å². The summed E-state index contributed by atoms with van der Waals surface area (Å²) in [5.41, 5.74) is 3.52. The number of carbonyl (C=O) groups excluding carboxylic acids is 1. The second kappa shape index (κ2) is 5.93. The molecule has 2 heterocycles. The number of pyridine rings is 1. The SMILES string of the molecule is CC(C)N1CCN(NC(=O)c2cccnc2)CC1. The zero-order chi connectivity index (χ0) is 13.0. The van der Waals surface area contributed by atoms with Crippen LogP contribution in [0.15, 0.2) is 24.5 Å². The molecular weight excluding hydrogens is 228 g/mol. The van der Waals surface area contributed by atoms with E-state index in [4.69, 9.17) is 0 Å². The molecule has 5 heteroatoms. The lowest BCUT2D eigenvalue weighted by molar-refractivity contribution is 0.0553. The number of nitrogens with zero attached hydrogens (tertiary/aromatic N) is 3. The van der Waals surface area contributed by atoms with Crippen molar-refractivity contribution in [1.29, 1.82) is 0 Å². The number of aromatic nitrogens is 1. The number of rotatable bonds is 3. The highest BCUT2D eigenvalue weighted by Crippen LogP contribution is 2.04. The first-order valence-corrected chi connectivity index (χ1v) is 6.37. The largest absolute Gasteiger partial charge is 0.298 e. The number of hydrogen-bond donors (Lipinski definition) is 1. The zero-order valence-corrected chi connectivity index (χ0v) is 11.0. The Kier molecular flexibility index (Phi) is 4.28. The molecule has 98 valence electrons. The van der Waals surface area contributed by atoms with Crippen molar-refractivity contribution in [2.24, 2.45) is 0 Å². The van der Waals surface area contributed by atoms with Crippen LogP contribution in [-0.4, -0.2) is 53.0 Å². The van der Waals surface area contributed by atoms with Crippen molar-refractivity contribution in [2.45, 2.75) is 19.9 Å². The Hall–Kier alpha value is -1.46. The van der Waals surface area contributed by atoms with Crippen LogP contribution in [0.1, 0.15) is 24.2 Å². The molecule has 1 aromatic heterocycles. The lowest BCUT2D eigenvalue weighted by Crippen LogP contribution is -2.54. The van der Waals surface area contributed by atoms with E-state index in [1.165, 1.54) is 0 Å². The molecule has 2 rings (SSSR count). The van der Waals surface area contributed by atoms with E-state index < -0.39 is 0 Å². The minimum atomic E-state index is -0.0823. The number of carbonyl (C=O) groups is 1. The number of amides is 1. The first-order valence-electron chi connectivity index (χ1n) is 6.37. The molecule has 5 nitrogen and oxygen atoms in total. The highest BCUT2D eigenvalue weighted by molar-refractivity contribution is 5.93. The van der Waals surface area contributed by atoms with Crippen LogP contribution in [0.25, 0.3) is 0 Å². The van der Waals surface area contributed by atoms with Crippen LogP contribution in [0.5, 0.6) is 0 Å². The Morgan fingerprint density at radius 1 is 1.33 bits per heavy atom. The van der Waals surface area contributed by atoms with Crippen molar-refractivity contribution in [3.05, 3.63) is 30.1 Å². The maximum absolute atomic E-state index is 11.9. The predicted octanol–water partition coefficient (Wildman–Crippen LogP) is 0.752. The third-order valence-corrected chi connectivity index (χ3v) is 3.23. The van der Waals surface area contributed by atoms with Gasteiger partial charge >= 0.3 is 0 Å². The first kappa shape index (κ1) is 13.0. The fourth-order valence-electron chi connectivity index (χ4n) is 2.06. The number of piperazine rings is 1. The van der Waals surface area contributed by atoms with Gasteiger partial charge in [0.25, 0.3) is 5.91 Å². The van der Waals surface area contributed by atoms with E-state index in [0.29, 0.717) is 11.6 Å². The summed E-state index contributed by atoms with van der Waals surface area (Å²) in [4.78, 5) is 18.3. The summed E-state index contributed by atoms with van der Waals surface area (Å²) in [6.45, 7) is 8.11. The van der Waals surface area contributed by atoms with Crippen LogP contribution in [0.2, 0.25) is 0 Å². The van der Waals surface area contributed by atoms with Gasteiger partial charge in [0.1, 0.15) is 0 Å². The molecule has 1 aliphatic heterocycles. The highest BCUT2D eigenvalue weighted by atomic mass is 16.2. The summed E-state index contributed by atoms with van der Waals surface area (Å²) in [6, 6.07) is 4.11. The van der Waals surface area contributed by atoms with Crippen molar-refractivity contribution < 1.29 is 4.79 Å². The number of nitrogens with one attached hydrogen (secondary N) is 1. The van der Waals surface area contributed by atoms with E-state index in [1.54, 1.807) is 24.5 Å². The first-order chi connectivity index (χ1) is 8.66. The second-order valence-corrected chi connectivity index (χ2v) is 4.80. The third kappa shape index (κ3) is 3.27. The Balaban J connectivity index is 1.83. The normalized spacial score (nSPS) is 17.9. The predicted molar refractivity (Wildman–Crippen MR) is 70.0 cm³/mol. The summed E-state index contributed by atoms with van der Waals surface area (Å²) >= 11 is 0. The number of hydrazine groups is 1. The van der Waals surface area contributed by atoms with E-state index in [0.717, 1.165) is 26.2 Å². The van der Waals surface area contributed by atoms with E-state index in [1.807, 2.05) is 5.01 Å². The summed E-state index contributed by atoms with van der Waals surface area (Å²) in [6.07, 6.45) is 3.25. The summed E-state index contributed by atoms with van der Waals surface area (Å²) < 4.78 is 0. The quantitative estimate of drug-likeness (QED) is 0.857. The molecule has 0 radical (unpaired) electrons. The van der Waals surface area contributed by atoms with Crippen LogP contribution < -0.4 is 5.43 Å². The molecule has 0 unspecified atom stereocenters. The maximum Gasteiger partial charge on any atom is 0.267 e. The molecule has 18 heavy (non-hydrogen) atoms. The Bertz CT molecular complexity index is 385. The smallest absolute Gasteiger partial charge is 0.267 e. The standard InChI is InChI=1S/C13H20N4O/c1-11(2)16-6-8-17(9-7-16)15-13(18)12-4-3-5-14-10-12/h3-5,10-11H,6-9H2,1-2H3,(H,15,18). The topological polar surface area (TPSA) is 48.5 Å². The van der Waals surface area contributed by atoms with Gasteiger partial charge in [-0.15, -0.1) is 0 Å². The van der Waals surface area contributed by atoms with Gasteiger partial charge in [0.15, 0.2) is 0 Å². The Labute approximate surface area is 108 Å². The lowest BCUT2D eigenvalue weighted by atomic mass is 10.2. The minimum Gasteiger partial charge on any atom is -0.298 e. The second-order valence-electron chi connectivity index (χ2n) is 4.80. The lowest BCUT2D eigenvalue weighted by Gasteiger charge is -2.36. The highest BCUT2D eigenvalue weighted by Gasteiger charge is 2.20. The molecule has 1 aliphatic rings. The van der Waals surface area contributed by atoms with Crippen molar-refractivity contribution in [3.63, 3.8) is 0 Å². The summed E-state index contributed by atoms with van der Waals surface area (Å²) in [5.74, 6) is -0.0823. The molecule has 1 N–H and O–H groups in total. The minimum absolute atomic E-state index is 0.0823. The zero-order valence-electron chi connectivity index (χ0n) is 11.0. The van der Waals surface area contributed by atoms with Gasteiger partial charge in [-0.25, -0.2) is 5.01 Å². The third-order valence-electron chi connectivity index (χ3n) is 3.23. The summed E-state index contributed by atoms with van der Waals surface area (Å²) in [7, 11) is 0. The van der Waals surface area contributed by atoms with Gasteiger partial charge in [-0.3, -0.25) is 20.1 Å². The molecule has 0 aliphatic carbocycles. The molecular formula is C13H20N4O. The molecule has 0 saturated carbocycles. The van der Waals surface area contributed by atoms with Gasteiger partial charge in [0.2, 0.25) is 0 Å². The fraction of sp³-hybridized carbons (Fsp3) is 0.538. The molecule has 1 fully saturated rings. The molecule has 0 bridgehead atoms. The van der Waals surface area contributed by atoms with Gasteiger partial charge < -0.3 is 0 Å². The van der Waals surface area contributed by atoms with Gasteiger partial charge in [0.05, 0.1) is 5.56 Å². The van der Waals surface area contributed by atoms with Crippen molar-refractivity contribution in [2.75, 3.05) is 26.2 Å². The van der Waals surface area contributed by atoms with E-state index in [2.05, 4.69) is 29.2 Å². The van der Waals surface area contributed by atoms with Crippen molar-refractivity contribution >= 4 is 5.91 Å². The Morgan fingerprint density at radius 2 is 2.06 bits per heavy atom. The number of hydrogen-bond acceptors (Lipinski definition) is 4. The average molecular weight is 248 g/mol. The van der Waals surface area contributed by atoms with Gasteiger partial charge in [-0.2, -0.15) is 0 Å². The monoisotopic (exact) mass is 248 g/mol. The fourth-order valence-corrected chi connectivity index (χ4v) is 2.06. The van der Waals surface area contributed by atoms with Crippen molar-refractivity contribution in [3.8, 4) is 0 Å². The molecule has 1 saturated heterocycles. The molecule has 1 aromatic rings. The molecule has 0 atom stereocenters. The average Bonchev–Trinajstić information content (AvgIpc) is 2.40. The Morgan fingerprint density at radius 3 is 2.61 bits per heavy atom. The van der Waals surface area contributed by atoms with Crippen molar-refractivity contribution in [1.82, 2.24) is 20.3 Å². The summed E-state index contributed by atoms with van der Waals surface area (Å²) in [5, 5.41) is 1.98. The van der Waals surface area contributed by atoms with Gasteiger partial charge in [-0.1, -0.05) is 0 Å². The van der Waals surface area contributed by atoms with Gasteiger partial charge in [0, 0.05) is 44.6 Å². The maximum atomic E-state index is 11.9. The van der Waals surface area contributed by atoms with Crippen LogP contribution >= 0.6 is 0 Å². The van der Waals surface area contributed by atoms with E-state index >= 15 is 0 Å². The van der Waals surface area contributed by atoms with Crippen LogP contribution in [0, 0.1) is 0 Å². The molecule has 0 aromatic carbocycles. The van der Waals surface area contributed by atoms with Crippen LogP contribution in [0.3, 0.4) is 0 Å². The van der Waals surface area contributed by atoms with Crippen LogP contribution in [-0.2, 0) is 0 Å².